The number of aliphatic hydroxyl groups excluding tert-OH is 1. The molecule has 34 nitrogen and oxygen atoms in total. The minimum Gasteiger partial charge on any atom is -0.481 e. The van der Waals surface area contributed by atoms with Crippen molar-refractivity contribution in [3.63, 3.8) is 0 Å². The number of carboxylic acid groups (broad SMARTS) is 7. The largest absolute Gasteiger partial charge is 0.481 e. The highest BCUT2D eigenvalue weighted by molar-refractivity contribution is 5.90. The van der Waals surface area contributed by atoms with Crippen LogP contribution in [0.15, 0.2) is 0 Å². The van der Waals surface area contributed by atoms with E-state index in [0.717, 1.165) is 32.1 Å². The number of nitrogens with one attached hydrogen (secondary N) is 4. The fraction of sp³-hybridized carbons (Fsp3) is 0.821. The number of aliphatic hydroxyl groups is 1. The SMILES string of the molecule is C[C@H](CCC(=O)O)[C@H]1CC[C@H]2[C@@H]3CC[C@H]4C[C@@H](OC(=O)N5C[C@H](C(=O)NCCNC(=O)CN6CCN(CC(=O)O)CCN(CC(=O)O)CCN(CC(=O)O)CC6)[C@@H](C(=O)NCCNC(=O)CN6CCN(CC(=O)O)CCN(CC(=O)O)CCN(CC(=O)O)CC6)C5)CC[C@]4(C)[C@H]3C[C@@H](O)[C@]12C. The Labute approximate surface area is 589 Å². The van der Waals surface area contributed by atoms with Gasteiger partial charge >= 0.3 is 47.9 Å². The first-order valence-corrected chi connectivity index (χ1v) is 35.9. The normalized spacial score (nSPS) is 29.5. The molecule has 3 saturated heterocycles. The summed E-state index contributed by atoms with van der Waals surface area (Å²) in [5.74, 6) is -10.1. The van der Waals surface area contributed by atoms with E-state index < -0.39 is 95.6 Å². The highest BCUT2D eigenvalue weighted by Gasteiger charge is 2.64. The zero-order valence-electron chi connectivity index (χ0n) is 59.0. The summed E-state index contributed by atoms with van der Waals surface area (Å²) in [5, 5.41) is 90.4. The minimum atomic E-state index is -1.10. The Hall–Kier alpha value is -6.92. The van der Waals surface area contributed by atoms with Crippen molar-refractivity contribution >= 4 is 71.5 Å². The highest BCUT2D eigenvalue weighted by atomic mass is 16.6. The molecule has 7 fully saturated rings. The van der Waals surface area contributed by atoms with E-state index in [1.165, 1.54) is 4.90 Å². The molecule has 0 unspecified atom stereocenters. The van der Waals surface area contributed by atoms with E-state index in [1.54, 1.807) is 39.2 Å². The molecule has 3 heterocycles. The number of carbonyl (C=O) groups excluding carboxylic acids is 5. The lowest BCUT2D eigenvalue weighted by atomic mass is 9.43. The summed E-state index contributed by atoms with van der Waals surface area (Å²) in [6, 6.07) is 0. The number of rotatable bonds is 29. The molecule has 3 aliphatic heterocycles. The molecule has 7 aliphatic rings. The number of hydrogen-bond donors (Lipinski definition) is 12. The number of hydrogen-bond acceptors (Lipinski definition) is 22. The predicted octanol–water partition coefficient (Wildman–Crippen LogP) is -2.41. The van der Waals surface area contributed by atoms with Gasteiger partial charge in [0.1, 0.15) is 6.10 Å². The number of carbonyl (C=O) groups is 12. The second-order valence-corrected chi connectivity index (χ2v) is 29.6. The van der Waals surface area contributed by atoms with Gasteiger partial charge in [-0.1, -0.05) is 20.8 Å². The quantitative estimate of drug-likeness (QED) is 0.0347. The fourth-order valence-corrected chi connectivity index (χ4v) is 17.6. The van der Waals surface area contributed by atoms with Gasteiger partial charge in [0.25, 0.3) is 0 Å². The maximum atomic E-state index is 14.4. The first-order chi connectivity index (χ1) is 47.9. The average molecular weight is 1430 g/mol. The lowest BCUT2D eigenvalue weighted by Gasteiger charge is -2.62. The summed E-state index contributed by atoms with van der Waals surface area (Å²) in [4.78, 5) is 167. The Morgan fingerprint density at radius 2 is 0.792 bits per heavy atom. The molecule has 0 aromatic carbocycles. The standard InChI is InChI=1S/C67H111N13O21/c1-44(4-9-56(84)85)50-7-8-51-47-6-5-45-32-46(10-11-66(45,2)52(47)33-53(81)67(50,51)3)101-65(100)80-34-48(63(98)70-14-12-68-54(82)36-72-16-20-74(38-57(86)87)24-28-78(42-61(94)95)29-25-75(21-17-72)39-58(88)89)49(35-80)64(99)71-15-13-69-55(83)37-73-18-22-76(40-59(90)91)26-30-79(43-62(96)97)31-27-77(23-19-73)41-60(92)93/h44-53,81H,4-43H2,1-3H3,(H,68,82)(H,69,83)(H,70,98)(H,71,99)(H,84,85)(H,86,87)(H,88,89)(H,90,91)(H,92,93)(H,94,95)(H,96,97)/t44-,45+,46+,47+,48+,49+,50-,51+,52+,53-,66+,67-/m1/s1. The van der Waals surface area contributed by atoms with Crippen LogP contribution in [0.25, 0.3) is 0 Å². The molecule has 0 radical (unpaired) electrons. The van der Waals surface area contributed by atoms with Gasteiger partial charge in [-0.2, -0.15) is 0 Å². The summed E-state index contributed by atoms with van der Waals surface area (Å²) in [6.07, 6.45) is 5.48. The second-order valence-electron chi connectivity index (χ2n) is 29.6. The van der Waals surface area contributed by atoms with E-state index in [-0.39, 0.29) is 237 Å². The fourth-order valence-electron chi connectivity index (χ4n) is 17.6. The predicted molar refractivity (Wildman–Crippen MR) is 361 cm³/mol. The zero-order valence-corrected chi connectivity index (χ0v) is 59.0. The lowest BCUT2D eigenvalue weighted by molar-refractivity contribution is -0.175. The smallest absolute Gasteiger partial charge is 0.410 e. The van der Waals surface area contributed by atoms with Crippen LogP contribution < -0.4 is 21.3 Å². The number of ether oxygens (including phenoxy) is 1. The number of amides is 5. The minimum absolute atomic E-state index is 0.0638. The molecule has 0 aromatic heterocycles. The Kier molecular flexibility index (Phi) is 31.1. The number of carboxylic acids is 7. The van der Waals surface area contributed by atoms with Crippen LogP contribution in [0.4, 0.5) is 4.79 Å². The third-order valence-electron chi connectivity index (χ3n) is 23.1. The second kappa shape index (κ2) is 38.6. The van der Waals surface area contributed by atoms with Gasteiger partial charge in [0, 0.05) is 150 Å². The number of nitrogens with zero attached hydrogens (tertiary/aromatic N) is 9. The van der Waals surface area contributed by atoms with Gasteiger partial charge in [-0.05, 0) is 104 Å². The van der Waals surface area contributed by atoms with Crippen molar-refractivity contribution in [3.8, 4) is 0 Å². The van der Waals surface area contributed by atoms with Crippen LogP contribution in [-0.2, 0) is 57.5 Å². The van der Waals surface area contributed by atoms with Gasteiger partial charge < -0.3 is 71.8 Å². The Bertz CT molecular complexity index is 2690. The first-order valence-electron chi connectivity index (χ1n) is 35.9. The van der Waals surface area contributed by atoms with E-state index in [9.17, 15) is 98.4 Å². The molecule has 12 N–H and O–H groups in total. The van der Waals surface area contributed by atoms with Gasteiger partial charge in [0.2, 0.25) is 23.6 Å². The molecule has 4 aliphatic carbocycles. The molecule has 101 heavy (non-hydrogen) atoms. The van der Waals surface area contributed by atoms with Crippen LogP contribution in [0.1, 0.15) is 85.0 Å². The molecule has 34 heteroatoms. The Morgan fingerprint density at radius 1 is 0.436 bits per heavy atom. The lowest BCUT2D eigenvalue weighted by Crippen LogP contribution is -2.59. The van der Waals surface area contributed by atoms with Crippen molar-refractivity contribution in [1.82, 2.24) is 65.4 Å². The number of aliphatic carboxylic acids is 7. The van der Waals surface area contributed by atoms with E-state index in [4.69, 9.17) is 4.74 Å². The van der Waals surface area contributed by atoms with Crippen molar-refractivity contribution < 1.29 is 103 Å². The van der Waals surface area contributed by atoms with E-state index >= 15 is 0 Å². The first kappa shape index (κ1) is 81.4. The van der Waals surface area contributed by atoms with Crippen LogP contribution in [0.3, 0.4) is 0 Å². The topological polar surface area (TPSA) is 453 Å². The van der Waals surface area contributed by atoms with Crippen LogP contribution in [0.2, 0.25) is 0 Å². The van der Waals surface area contributed by atoms with Crippen LogP contribution in [0.5, 0.6) is 0 Å². The van der Waals surface area contributed by atoms with E-state index in [2.05, 4.69) is 42.0 Å². The van der Waals surface area contributed by atoms with Gasteiger partial charge in [-0.3, -0.25) is 91.9 Å². The summed E-state index contributed by atoms with van der Waals surface area (Å²) in [7, 11) is 0. The monoisotopic (exact) mass is 1430 g/mol. The van der Waals surface area contributed by atoms with Gasteiger partial charge in [0.15, 0.2) is 0 Å². The van der Waals surface area contributed by atoms with Crippen LogP contribution >= 0.6 is 0 Å². The molecule has 7 rings (SSSR count). The number of fused-ring (bicyclic) bond motifs is 5. The van der Waals surface area contributed by atoms with Crippen molar-refractivity contribution in [2.75, 3.05) is 196 Å². The van der Waals surface area contributed by atoms with Gasteiger partial charge in [-0.15, -0.1) is 0 Å². The highest BCUT2D eigenvalue weighted by Crippen LogP contribution is 2.68. The maximum absolute atomic E-state index is 14.4. The zero-order chi connectivity index (χ0) is 73.7. The Morgan fingerprint density at radius 3 is 1.15 bits per heavy atom. The Balaban J connectivity index is 0.974. The molecule has 5 amide bonds. The van der Waals surface area contributed by atoms with Crippen molar-refractivity contribution in [3.05, 3.63) is 0 Å². The molecule has 0 aromatic rings. The van der Waals surface area contributed by atoms with Gasteiger partial charge in [-0.25, -0.2) is 4.79 Å². The summed E-state index contributed by atoms with van der Waals surface area (Å²) in [6.45, 7) is 6.75. The van der Waals surface area contributed by atoms with Crippen LogP contribution in [0, 0.1) is 58.2 Å². The molecule has 12 atom stereocenters. The average Bonchev–Trinajstić information content (AvgIpc) is 1.69. The third kappa shape index (κ3) is 24.3. The summed E-state index contributed by atoms with van der Waals surface area (Å²) < 4.78 is 6.30. The summed E-state index contributed by atoms with van der Waals surface area (Å²) in [5.41, 5.74) is -0.422. The molecule has 0 bridgehead atoms. The molecule has 4 saturated carbocycles. The third-order valence-corrected chi connectivity index (χ3v) is 23.1. The van der Waals surface area contributed by atoms with Crippen molar-refractivity contribution in [2.45, 2.75) is 97.2 Å². The summed E-state index contributed by atoms with van der Waals surface area (Å²) >= 11 is 0. The van der Waals surface area contributed by atoms with Crippen molar-refractivity contribution in [1.29, 1.82) is 0 Å². The van der Waals surface area contributed by atoms with Crippen molar-refractivity contribution in [2.24, 2.45) is 58.2 Å². The van der Waals surface area contributed by atoms with E-state index in [1.807, 2.05) is 0 Å². The molecule has 570 valence electrons. The van der Waals surface area contributed by atoms with E-state index in [0.29, 0.717) is 37.5 Å². The molecular weight excluding hydrogens is 1320 g/mol. The molecule has 0 spiro atoms. The van der Waals surface area contributed by atoms with Crippen LogP contribution in [-0.4, -0.2) is 365 Å². The van der Waals surface area contributed by atoms with Gasteiger partial charge in [0.05, 0.1) is 70.3 Å². The number of likely N-dealkylation sites (tertiary alicyclic amines) is 1. The maximum Gasteiger partial charge on any atom is 0.410 e. The molecular formula is C67H111N13O21.